The van der Waals surface area contributed by atoms with Crippen molar-refractivity contribution >= 4 is 0 Å². The highest BCUT2D eigenvalue weighted by molar-refractivity contribution is 4.92. The Bertz CT molecular complexity index is 199. The molecule has 2 heterocycles. The SMILES string of the molecule is CC(C)C(C)N1CCCCC1C1CCCN1. The van der Waals surface area contributed by atoms with Gasteiger partial charge in [-0.3, -0.25) is 4.90 Å². The number of hydrogen-bond donors (Lipinski definition) is 1. The molecule has 0 aliphatic carbocycles. The Hall–Kier alpha value is -0.0800. The number of piperidine rings is 1. The van der Waals surface area contributed by atoms with Crippen molar-refractivity contribution in [2.45, 2.75) is 71.0 Å². The van der Waals surface area contributed by atoms with Crippen LogP contribution in [0.3, 0.4) is 0 Å². The van der Waals surface area contributed by atoms with Crippen LogP contribution in [0.1, 0.15) is 52.9 Å². The normalized spacial score (nSPS) is 34.5. The lowest BCUT2D eigenvalue weighted by molar-refractivity contribution is 0.0599. The molecule has 16 heavy (non-hydrogen) atoms. The highest BCUT2D eigenvalue weighted by atomic mass is 15.2. The topological polar surface area (TPSA) is 15.3 Å². The third-order valence-electron chi connectivity index (χ3n) is 4.64. The van der Waals surface area contributed by atoms with Crippen LogP contribution in [0.2, 0.25) is 0 Å². The lowest BCUT2D eigenvalue weighted by atomic mass is 9.91. The minimum absolute atomic E-state index is 0.743. The molecule has 0 amide bonds. The highest BCUT2D eigenvalue weighted by Gasteiger charge is 2.34. The van der Waals surface area contributed by atoms with Crippen LogP contribution in [-0.2, 0) is 0 Å². The van der Waals surface area contributed by atoms with E-state index in [4.69, 9.17) is 0 Å². The van der Waals surface area contributed by atoms with Crippen LogP contribution >= 0.6 is 0 Å². The van der Waals surface area contributed by atoms with Gasteiger partial charge >= 0.3 is 0 Å². The van der Waals surface area contributed by atoms with Crippen molar-refractivity contribution < 1.29 is 0 Å². The van der Waals surface area contributed by atoms with Gasteiger partial charge in [-0.2, -0.15) is 0 Å². The first-order chi connectivity index (χ1) is 7.70. The molecule has 3 unspecified atom stereocenters. The lowest BCUT2D eigenvalue weighted by Gasteiger charge is -2.44. The minimum atomic E-state index is 0.743. The van der Waals surface area contributed by atoms with Gasteiger partial charge in [-0.15, -0.1) is 0 Å². The molecule has 0 aromatic rings. The zero-order chi connectivity index (χ0) is 11.5. The Balaban J connectivity index is 2.01. The molecule has 2 aliphatic rings. The third kappa shape index (κ3) is 2.60. The minimum Gasteiger partial charge on any atom is -0.312 e. The molecule has 0 aromatic heterocycles. The summed E-state index contributed by atoms with van der Waals surface area (Å²) in [7, 11) is 0. The summed E-state index contributed by atoms with van der Waals surface area (Å²) in [6, 6.07) is 2.34. The second-order valence-electron chi connectivity index (χ2n) is 5.99. The number of likely N-dealkylation sites (tertiary alicyclic amines) is 1. The van der Waals surface area contributed by atoms with E-state index in [-0.39, 0.29) is 0 Å². The van der Waals surface area contributed by atoms with Crippen molar-refractivity contribution in [2.75, 3.05) is 13.1 Å². The van der Waals surface area contributed by atoms with Gasteiger partial charge in [-0.25, -0.2) is 0 Å². The van der Waals surface area contributed by atoms with Crippen molar-refractivity contribution in [2.24, 2.45) is 5.92 Å². The Morgan fingerprint density at radius 2 is 1.88 bits per heavy atom. The molecule has 2 fully saturated rings. The molecular formula is C14H28N2. The first-order valence-electron chi connectivity index (χ1n) is 7.19. The molecule has 2 aliphatic heterocycles. The Kier molecular flexibility index (Phi) is 4.26. The fourth-order valence-electron chi connectivity index (χ4n) is 3.34. The molecule has 0 bridgehead atoms. The molecular weight excluding hydrogens is 196 g/mol. The van der Waals surface area contributed by atoms with Gasteiger partial charge in [0.2, 0.25) is 0 Å². The van der Waals surface area contributed by atoms with E-state index in [0.717, 1.165) is 24.0 Å². The van der Waals surface area contributed by atoms with Crippen LogP contribution in [0.15, 0.2) is 0 Å². The second kappa shape index (κ2) is 5.50. The molecule has 0 aromatic carbocycles. The van der Waals surface area contributed by atoms with Crippen molar-refractivity contribution in [3.8, 4) is 0 Å². The number of hydrogen-bond acceptors (Lipinski definition) is 2. The summed E-state index contributed by atoms with van der Waals surface area (Å²) in [6.45, 7) is 9.70. The monoisotopic (exact) mass is 224 g/mol. The predicted octanol–water partition coefficient (Wildman–Crippen LogP) is 2.64. The van der Waals surface area contributed by atoms with Gasteiger partial charge in [0, 0.05) is 18.1 Å². The molecule has 0 spiro atoms. The molecule has 0 saturated carbocycles. The standard InChI is InChI=1S/C14H28N2/c1-11(2)12(3)16-10-5-4-8-14(16)13-7-6-9-15-13/h11-15H,4-10H2,1-3H3. The van der Waals surface area contributed by atoms with Crippen LogP contribution in [0.25, 0.3) is 0 Å². The highest BCUT2D eigenvalue weighted by Crippen LogP contribution is 2.27. The predicted molar refractivity (Wildman–Crippen MR) is 69.7 cm³/mol. The van der Waals surface area contributed by atoms with E-state index in [9.17, 15) is 0 Å². The Labute approximate surface area is 101 Å². The molecule has 94 valence electrons. The zero-order valence-corrected chi connectivity index (χ0v) is 11.2. The fraction of sp³-hybridized carbons (Fsp3) is 1.00. The third-order valence-corrected chi connectivity index (χ3v) is 4.64. The molecule has 3 atom stereocenters. The van der Waals surface area contributed by atoms with Crippen LogP contribution in [0.5, 0.6) is 0 Å². The summed E-state index contributed by atoms with van der Waals surface area (Å²) in [5.41, 5.74) is 0. The van der Waals surface area contributed by atoms with E-state index >= 15 is 0 Å². The first-order valence-corrected chi connectivity index (χ1v) is 7.19. The Morgan fingerprint density at radius 1 is 1.06 bits per heavy atom. The van der Waals surface area contributed by atoms with Gasteiger partial charge in [-0.05, 0) is 51.6 Å². The van der Waals surface area contributed by atoms with E-state index in [2.05, 4.69) is 31.0 Å². The largest absolute Gasteiger partial charge is 0.312 e. The number of nitrogens with zero attached hydrogens (tertiary/aromatic N) is 1. The maximum atomic E-state index is 3.71. The zero-order valence-electron chi connectivity index (χ0n) is 11.2. The summed E-state index contributed by atoms with van der Waals surface area (Å²) in [5.74, 6) is 0.780. The summed E-state index contributed by atoms with van der Waals surface area (Å²) in [4.78, 5) is 2.79. The van der Waals surface area contributed by atoms with Crippen LogP contribution in [0, 0.1) is 5.92 Å². The second-order valence-corrected chi connectivity index (χ2v) is 5.99. The van der Waals surface area contributed by atoms with Gasteiger partial charge in [0.1, 0.15) is 0 Å². The summed E-state index contributed by atoms with van der Waals surface area (Å²) in [5, 5.41) is 3.71. The van der Waals surface area contributed by atoms with Crippen molar-refractivity contribution in [3.63, 3.8) is 0 Å². The molecule has 2 rings (SSSR count). The quantitative estimate of drug-likeness (QED) is 0.793. The van der Waals surface area contributed by atoms with E-state index < -0.39 is 0 Å². The molecule has 2 nitrogen and oxygen atoms in total. The number of nitrogens with one attached hydrogen (secondary N) is 1. The molecule has 0 radical (unpaired) electrons. The first kappa shape index (κ1) is 12.4. The van der Waals surface area contributed by atoms with Gasteiger partial charge in [-0.1, -0.05) is 20.3 Å². The van der Waals surface area contributed by atoms with E-state index in [1.54, 1.807) is 0 Å². The smallest absolute Gasteiger partial charge is 0.0252 e. The fourth-order valence-corrected chi connectivity index (χ4v) is 3.34. The van der Waals surface area contributed by atoms with Crippen LogP contribution in [0.4, 0.5) is 0 Å². The summed E-state index contributed by atoms with van der Waals surface area (Å²) in [6.07, 6.45) is 7.02. The van der Waals surface area contributed by atoms with Crippen molar-refractivity contribution in [1.29, 1.82) is 0 Å². The van der Waals surface area contributed by atoms with Gasteiger partial charge in [0.15, 0.2) is 0 Å². The van der Waals surface area contributed by atoms with E-state index in [0.29, 0.717) is 0 Å². The average molecular weight is 224 g/mol. The molecule has 2 heteroatoms. The lowest BCUT2D eigenvalue weighted by Crippen LogP contribution is -2.54. The van der Waals surface area contributed by atoms with E-state index in [1.807, 2.05) is 0 Å². The maximum absolute atomic E-state index is 3.71. The Morgan fingerprint density at radius 3 is 2.50 bits per heavy atom. The average Bonchev–Trinajstić information content (AvgIpc) is 2.81. The van der Waals surface area contributed by atoms with Crippen LogP contribution in [-0.4, -0.2) is 36.1 Å². The van der Waals surface area contributed by atoms with Crippen molar-refractivity contribution in [3.05, 3.63) is 0 Å². The van der Waals surface area contributed by atoms with Crippen molar-refractivity contribution in [1.82, 2.24) is 10.2 Å². The van der Waals surface area contributed by atoms with Gasteiger partial charge in [0.05, 0.1) is 0 Å². The molecule has 2 saturated heterocycles. The number of rotatable bonds is 3. The molecule has 1 N–H and O–H groups in total. The maximum Gasteiger partial charge on any atom is 0.0252 e. The van der Waals surface area contributed by atoms with E-state index in [1.165, 1.54) is 45.2 Å². The van der Waals surface area contributed by atoms with Gasteiger partial charge in [0.25, 0.3) is 0 Å². The summed E-state index contributed by atoms with van der Waals surface area (Å²) >= 11 is 0. The summed E-state index contributed by atoms with van der Waals surface area (Å²) < 4.78 is 0. The van der Waals surface area contributed by atoms with Crippen LogP contribution < -0.4 is 5.32 Å². The van der Waals surface area contributed by atoms with Gasteiger partial charge < -0.3 is 5.32 Å².